The Hall–Kier alpha value is -3.06. The second kappa shape index (κ2) is 7.28. The van der Waals surface area contributed by atoms with Crippen molar-refractivity contribution in [3.63, 3.8) is 0 Å². The fourth-order valence-electron chi connectivity index (χ4n) is 3.58. The van der Waals surface area contributed by atoms with E-state index in [1.807, 2.05) is 24.4 Å². The molecule has 2 aliphatic heterocycles. The first-order valence-electron chi connectivity index (χ1n) is 9.00. The summed E-state index contributed by atoms with van der Waals surface area (Å²) in [5.74, 6) is -0.295. The number of piperidine rings is 1. The van der Waals surface area contributed by atoms with E-state index >= 15 is 0 Å². The van der Waals surface area contributed by atoms with E-state index in [0.29, 0.717) is 17.9 Å². The van der Waals surface area contributed by atoms with Crippen molar-refractivity contribution in [2.24, 2.45) is 11.0 Å². The maximum Gasteiger partial charge on any atom is 0.256 e. The monoisotopic (exact) mass is 363 g/mol. The maximum absolute atomic E-state index is 12.8. The van der Waals surface area contributed by atoms with Crippen molar-refractivity contribution in [1.82, 2.24) is 9.88 Å². The van der Waals surface area contributed by atoms with Gasteiger partial charge in [0.2, 0.25) is 5.91 Å². The Morgan fingerprint density at radius 2 is 2.19 bits per heavy atom. The molecule has 1 aromatic heterocycles. The first-order valence-corrected chi connectivity index (χ1v) is 9.00. The third kappa shape index (κ3) is 3.73. The van der Waals surface area contributed by atoms with Gasteiger partial charge in [0.15, 0.2) is 0 Å². The average molecular weight is 363 g/mol. The average Bonchev–Trinajstić information content (AvgIpc) is 2.98. The number of pyridine rings is 1. The Bertz CT molecular complexity index is 896. The Labute approximate surface area is 157 Å². The lowest BCUT2D eigenvalue weighted by Gasteiger charge is -2.29. The van der Waals surface area contributed by atoms with Crippen LogP contribution in [0.2, 0.25) is 0 Å². The van der Waals surface area contributed by atoms with Crippen LogP contribution < -0.4 is 10.3 Å². The molecule has 1 fully saturated rings. The molecule has 0 aliphatic carbocycles. The first-order chi connectivity index (χ1) is 13.1. The summed E-state index contributed by atoms with van der Waals surface area (Å²) < 4.78 is 0. The summed E-state index contributed by atoms with van der Waals surface area (Å²) in [4.78, 5) is 30.6. The smallest absolute Gasteiger partial charge is 0.256 e. The number of anilines is 2. The summed E-state index contributed by atoms with van der Waals surface area (Å²) in [5.41, 5.74) is 3.38. The van der Waals surface area contributed by atoms with Gasteiger partial charge in [-0.1, -0.05) is 12.1 Å². The molecule has 7 nitrogen and oxygen atoms in total. The Balaban J connectivity index is 1.51. The van der Waals surface area contributed by atoms with Crippen molar-refractivity contribution >= 4 is 28.9 Å². The molecule has 3 heterocycles. The van der Waals surface area contributed by atoms with Gasteiger partial charge in [-0.2, -0.15) is 5.10 Å². The fraction of sp³-hybridized carbons (Fsp3) is 0.300. The quantitative estimate of drug-likeness (QED) is 0.904. The SMILES string of the molecule is CC(=O)Nc1cccc(N2N=C3CN(Cc4cccnc4)CCC3C2=O)c1. The van der Waals surface area contributed by atoms with Gasteiger partial charge in [-0.25, -0.2) is 5.01 Å². The summed E-state index contributed by atoms with van der Waals surface area (Å²) in [6.45, 7) is 3.78. The molecule has 0 saturated carbocycles. The predicted molar refractivity (Wildman–Crippen MR) is 103 cm³/mol. The molecule has 0 spiro atoms. The highest BCUT2D eigenvalue weighted by Gasteiger charge is 2.39. The molecule has 1 N–H and O–H groups in total. The van der Waals surface area contributed by atoms with Crippen molar-refractivity contribution in [3.05, 3.63) is 54.4 Å². The van der Waals surface area contributed by atoms with Crippen molar-refractivity contribution in [2.75, 3.05) is 23.4 Å². The fourth-order valence-corrected chi connectivity index (χ4v) is 3.58. The zero-order valence-electron chi connectivity index (χ0n) is 15.1. The van der Waals surface area contributed by atoms with E-state index in [1.165, 1.54) is 11.9 Å². The normalized spacial score (nSPS) is 19.6. The number of hydrazone groups is 1. The molecular formula is C20H21N5O2. The van der Waals surface area contributed by atoms with Crippen LogP contribution in [0.5, 0.6) is 0 Å². The van der Waals surface area contributed by atoms with E-state index < -0.39 is 0 Å². The first kappa shape index (κ1) is 17.4. The summed E-state index contributed by atoms with van der Waals surface area (Å²) in [7, 11) is 0. The van der Waals surface area contributed by atoms with Crippen LogP contribution in [-0.4, -0.2) is 40.5 Å². The topological polar surface area (TPSA) is 77.9 Å². The predicted octanol–water partition coefficient (Wildman–Crippen LogP) is 2.26. The molecule has 27 heavy (non-hydrogen) atoms. The Morgan fingerprint density at radius 1 is 1.30 bits per heavy atom. The van der Waals surface area contributed by atoms with E-state index in [0.717, 1.165) is 30.8 Å². The number of rotatable bonds is 4. The van der Waals surface area contributed by atoms with Crippen molar-refractivity contribution < 1.29 is 9.59 Å². The van der Waals surface area contributed by atoms with Gasteiger partial charge in [0, 0.05) is 44.6 Å². The third-order valence-electron chi connectivity index (χ3n) is 4.80. The zero-order valence-corrected chi connectivity index (χ0v) is 15.1. The second-order valence-corrected chi connectivity index (χ2v) is 6.89. The van der Waals surface area contributed by atoms with Gasteiger partial charge in [0.05, 0.1) is 17.3 Å². The lowest BCUT2D eigenvalue weighted by atomic mass is 9.94. The minimum atomic E-state index is -0.153. The van der Waals surface area contributed by atoms with E-state index in [9.17, 15) is 9.59 Å². The van der Waals surface area contributed by atoms with Crippen molar-refractivity contribution in [2.45, 2.75) is 19.9 Å². The van der Waals surface area contributed by atoms with Gasteiger partial charge in [-0.15, -0.1) is 0 Å². The molecule has 138 valence electrons. The number of benzene rings is 1. The number of likely N-dealkylation sites (tertiary alicyclic amines) is 1. The van der Waals surface area contributed by atoms with Crippen LogP contribution in [0.1, 0.15) is 18.9 Å². The molecule has 1 unspecified atom stereocenters. The van der Waals surface area contributed by atoms with Crippen LogP contribution in [0.15, 0.2) is 53.9 Å². The van der Waals surface area contributed by atoms with Crippen LogP contribution in [-0.2, 0) is 16.1 Å². The summed E-state index contributed by atoms with van der Waals surface area (Å²) in [5, 5.41) is 8.82. The standard InChI is InChI=1S/C20H21N5O2/c1-14(26)22-16-5-2-6-17(10-16)25-20(27)18-7-9-24(13-19(18)23-25)12-15-4-3-8-21-11-15/h2-6,8,10-11,18H,7,9,12-13H2,1H3,(H,22,26). The molecule has 2 aromatic rings. The summed E-state index contributed by atoms with van der Waals surface area (Å²) in [6, 6.07) is 11.2. The molecule has 0 radical (unpaired) electrons. The lowest BCUT2D eigenvalue weighted by Crippen LogP contribution is -2.41. The largest absolute Gasteiger partial charge is 0.326 e. The van der Waals surface area contributed by atoms with Crippen LogP contribution in [0.4, 0.5) is 11.4 Å². The van der Waals surface area contributed by atoms with E-state index in [4.69, 9.17) is 0 Å². The number of hydrogen-bond acceptors (Lipinski definition) is 5. The van der Waals surface area contributed by atoms with Gasteiger partial charge in [-0.3, -0.25) is 19.5 Å². The molecule has 2 aliphatic rings. The van der Waals surface area contributed by atoms with Crippen LogP contribution in [0.25, 0.3) is 0 Å². The maximum atomic E-state index is 12.8. The van der Waals surface area contributed by atoms with E-state index in [-0.39, 0.29) is 17.7 Å². The molecule has 1 saturated heterocycles. The van der Waals surface area contributed by atoms with Gasteiger partial charge in [0.1, 0.15) is 0 Å². The van der Waals surface area contributed by atoms with Crippen LogP contribution in [0, 0.1) is 5.92 Å². The van der Waals surface area contributed by atoms with Crippen molar-refractivity contribution in [3.8, 4) is 0 Å². The summed E-state index contributed by atoms with van der Waals surface area (Å²) >= 11 is 0. The minimum Gasteiger partial charge on any atom is -0.326 e. The second-order valence-electron chi connectivity index (χ2n) is 6.89. The number of carbonyl (C=O) groups excluding carboxylic acids is 2. The molecule has 7 heteroatoms. The number of hydrogen-bond donors (Lipinski definition) is 1. The van der Waals surface area contributed by atoms with Crippen LogP contribution in [0.3, 0.4) is 0 Å². The molecule has 1 aromatic carbocycles. The van der Waals surface area contributed by atoms with E-state index in [2.05, 4.69) is 26.4 Å². The van der Waals surface area contributed by atoms with Crippen LogP contribution >= 0.6 is 0 Å². The number of fused-ring (bicyclic) bond motifs is 1. The number of amides is 2. The highest BCUT2D eigenvalue weighted by Crippen LogP contribution is 2.30. The van der Waals surface area contributed by atoms with E-state index in [1.54, 1.807) is 18.3 Å². The van der Waals surface area contributed by atoms with Gasteiger partial charge in [-0.05, 0) is 36.2 Å². The number of nitrogens with one attached hydrogen (secondary N) is 1. The molecule has 0 bridgehead atoms. The molecular weight excluding hydrogens is 342 g/mol. The van der Waals surface area contributed by atoms with Crippen molar-refractivity contribution in [1.29, 1.82) is 0 Å². The number of aromatic nitrogens is 1. The minimum absolute atomic E-state index is 0.00556. The molecule has 1 atom stereocenters. The highest BCUT2D eigenvalue weighted by atomic mass is 16.2. The third-order valence-corrected chi connectivity index (χ3v) is 4.80. The highest BCUT2D eigenvalue weighted by molar-refractivity contribution is 6.16. The molecule has 2 amide bonds. The molecule has 4 rings (SSSR count). The number of nitrogens with zero attached hydrogens (tertiary/aromatic N) is 4. The van der Waals surface area contributed by atoms with Gasteiger partial charge < -0.3 is 5.32 Å². The van der Waals surface area contributed by atoms with Gasteiger partial charge in [0.25, 0.3) is 5.91 Å². The number of carbonyl (C=O) groups is 2. The Morgan fingerprint density at radius 3 is 2.96 bits per heavy atom. The lowest BCUT2D eigenvalue weighted by molar-refractivity contribution is -0.120. The Kier molecular flexibility index (Phi) is 4.68. The van der Waals surface area contributed by atoms with Gasteiger partial charge >= 0.3 is 0 Å². The summed E-state index contributed by atoms with van der Waals surface area (Å²) in [6.07, 6.45) is 4.40. The zero-order chi connectivity index (χ0) is 18.8.